The lowest BCUT2D eigenvalue weighted by Gasteiger charge is -2.05. The van der Waals surface area contributed by atoms with Gasteiger partial charge in [0.05, 0.1) is 0 Å². The smallest absolute Gasteiger partial charge is 0.356 e. The highest BCUT2D eigenvalue weighted by Gasteiger charge is 2.28. The SMILES string of the molecule is O=C(O)c1cc2nc(C3CC3)cc(C(F)F)n2n1. The summed E-state index contributed by atoms with van der Waals surface area (Å²) in [4.78, 5) is 15.0. The van der Waals surface area contributed by atoms with Crippen LogP contribution in [0.15, 0.2) is 12.1 Å². The fraction of sp³-hybridized carbons (Fsp3) is 0.364. The molecule has 0 amide bonds. The number of aromatic nitrogens is 3. The molecule has 5 nitrogen and oxygen atoms in total. The molecule has 0 radical (unpaired) electrons. The number of carboxylic acids is 1. The zero-order chi connectivity index (χ0) is 12.9. The predicted molar refractivity (Wildman–Crippen MR) is 56.9 cm³/mol. The Labute approximate surface area is 100 Å². The third kappa shape index (κ3) is 1.71. The standard InChI is InChI=1S/C11H9F2N3O2/c12-10(13)8-3-6(5-1-2-5)14-9-4-7(11(17)18)15-16(8)9/h3-5,10H,1-2H2,(H,17,18). The minimum Gasteiger partial charge on any atom is -0.476 e. The summed E-state index contributed by atoms with van der Waals surface area (Å²) in [6, 6.07) is 2.52. The number of carboxylic acid groups (broad SMARTS) is 1. The maximum atomic E-state index is 12.9. The van der Waals surface area contributed by atoms with Gasteiger partial charge >= 0.3 is 5.97 Å². The van der Waals surface area contributed by atoms with E-state index < -0.39 is 12.4 Å². The summed E-state index contributed by atoms with van der Waals surface area (Å²) in [5, 5.41) is 12.4. The van der Waals surface area contributed by atoms with E-state index in [1.807, 2.05) is 0 Å². The Kier molecular flexibility index (Phi) is 2.29. The quantitative estimate of drug-likeness (QED) is 0.910. The molecule has 1 saturated carbocycles. The highest BCUT2D eigenvalue weighted by molar-refractivity contribution is 5.86. The van der Waals surface area contributed by atoms with Gasteiger partial charge in [0, 0.05) is 17.7 Å². The van der Waals surface area contributed by atoms with Crippen LogP contribution in [0.3, 0.4) is 0 Å². The number of aromatic carboxylic acids is 1. The van der Waals surface area contributed by atoms with Crippen LogP contribution in [0.5, 0.6) is 0 Å². The van der Waals surface area contributed by atoms with E-state index in [0.29, 0.717) is 5.69 Å². The number of rotatable bonds is 3. The van der Waals surface area contributed by atoms with E-state index in [1.54, 1.807) is 0 Å². The monoisotopic (exact) mass is 253 g/mol. The topological polar surface area (TPSA) is 67.5 Å². The van der Waals surface area contributed by atoms with Crippen molar-refractivity contribution in [3.63, 3.8) is 0 Å². The number of fused-ring (bicyclic) bond motifs is 1. The normalized spacial score (nSPS) is 15.5. The van der Waals surface area contributed by atoms with E-state index in [-0.39, 0.29) is 23.0 Å². The van der Waals surface area contributed by atoms with Crippen LogP contribution in [0.1, 0.15) is 47.1 Å². The Morgan fingerprint density at radius 2 is 2.17 bits per heavy atom. The zero-order valence-corrected chi connectivity index (χ0v) is 9.18. The number of alkyl halides is 2. The second-order valence-electron chi connectivity index (χ2n) is 4.29. The molecule has 18 heavy (non-hydrogen) atoms. The van der Waals surface area contributed by atoms with Gasteiger partial charge in [-0.3, -0.25) is 0 Å². The molecule has 0 aromatic carbocycles. The van der Waals surface area contributed by atoms with E-state index in [0.717, 1.165) is 17.4 Å². The molecule has 0 bridgehead atoms. The fourth-order valence-corrected chi connectivity index (χ4v) is 1.87. The van der Waals surface area contributed by atoms with Crippen molar-refractivity contribution >= 4 is 11.6 Å². The lowest BCUT2D eigenvalue weighted by Crippen LogP contribution is -2.04. The highest BCUT2D eigenvalue weighted by Crippen LogP contribution is 2.40. The average molecular weight is 253 g/mol. The van der Waals surface area contributed by atoms with Crippen molar-refractivity contribution in [2.45, 2.75) is 25.2 Å². The number of nitrogens with zero attached hydrogens (tertiary/aromatic N) is 3. The molecule has 2 heterocycles. The highest BCUT2D eigenvalue weighted by atomic mass is 19.3. The van der Waals surface area contributed by atoms with Gasteiger partial charge < -0.3 is 5.11 Å². The number of hydrogen-bond acceptors (Lipinski definition) is 3. The molecule has 0 unspecified atom stereocenters. The molecule has 1 aliphatic carbocycles. The minimum atomic E-state index is -2.71. The van der Waals surface area contributed by atoms with Crippen LogP contribution < -0.4 is 0 Å². The number of hydrogen-bond donors (Lipinski definition) is 1. The minimum absolute atomic E-state index is 0.159. The van der Waals surface area contributed by atoms with E-state index in [9.17, 15) is 13.6 Å². The van der Waals surface area contributed by atoms with Crippen molar-refractivity contribution < 1.29 is 18.7 Å². The number of halogens is 2. The summed E-state index contributed by atoms with van der Waals surface area (Å²) in [6.45, 7) is 0. The Bertz CT molecular complexity index is 634. The lowest BCUT2D eigenvalue weighted by molar-refractivity contribution is 0.0689. The Morgan fingerprint density at radius 1 is 1.44 bits per heavy atom. The van der Waals surface area contributed by atoms with Gasteiger partial charge in [-0.15, -0.1) is 0 Å². The van der Waals surface area contributed by atoms with Crippen molar-refractivity contribution in [1.29, 1.82) is 0 Å². The maximum Gasteiger partial charge on any atom is 0.356 e. The van der Waals surface area contributed by atoms with Gasteiger partial charge in [-0.2, -0.15) is 5.10 Å². The second-order valence-corrected chi connectivity index (χ2v) is 4.29. The molecule has 1 aliphatic rings. The molecule has 1 N–H and O–H groups in total. The van der Waals surface area contributed by atoms with Crippen LogP contribution >= 0.6 is 0 Å². The average Bonchev–Trinajstić information content (AvgIpc) is 3.06. The fourth-order valence-electron chi connectivity index (χ4n) is 1.87. The predicted octanol–water partition coefficient (Wildman–Crippen LogP) is 2.24. The largest absolute Gasteiger partial charge is 0.476 e. The molecule has 0 atom stereocenters. The maximum absolute atomic E-state index is 12.9. The molecule has 2 aromatic heterocycles. The molecule has 7 heteroatoms. The van der Waals surface area contributed by atoms with Crippen molar-refractivity contribution in [2.24, 2.45) is 0 Å². The summed E-state index contributed by atoms with van der Waals surface area (Å²) in [5.74, 6) is -1.04. The third-order valence-corrected chi connectivity index (χ3v) is 2.91. The molecule has 0 spiro atoms. The summed E-state index contributed by atoms with van der Waals surface area (Å²) in [7, 11) is 0. The van der Waals surface area contributed by atoms with Gasteiger partial charge in [0.25, 0.3) is 6.43 Å². The van der Waals surface area contributed by atoms with Crippen molar-refractivity contribution in [1.82, 2.24) is 14.6 Å². The number of carbonyl (C=O) groups is 1. The lowest BCUT2D eigenvalue weighted by atomic mass is 10.2. The van der Waals surface area contributed by atoms with Crippen LogP contribution in [-0.2, 0) is 0 Å². The first-order valence-electron chi connectivity index (χ1n) is 5.48. The summed E-state index contributed by atoms with van der Waals surface area (Å²) in [5.41, 5.74) is 0.161. The Balaban J connectivity index is 2.23. The van der Waals surface area contributed by atoms with Gasteiger partial charge in [0.15, 0.2) is 11.3 Å². The molecular formula is C11H9F2N3O2. The van der Waals surface area contributed by atoms with E-state index in [4.69, 9.17) is 5.11 Å². The van der Waals surface area contributed by atoms with E-state index >= 15 is 0 Å². The Hall–Kier alpha value is -2.05. The molecule has 1 fully saturated rings. The van der Waals surface area contributed by atoms with Gasteiger partial charge in [-0.05, 0) is 18.9 Å². The first kappa shape index (κ1) is 11.1. The first-order valence-corrected chi connectivity index (χ1v) is 5.48. The summed E-state index contributed by atoms with van der Waals surface area (Å²) >= 11 is 0. The third-order valence-electron chi connectivity index (χ3n) is 2.91. The molecule has 0 saturated heterocycles. The summed E-state index contributed by atoms with van der Waals surface area (Å²) in [6.07, 6.45) is -0.841. The molecule has 3 rings (SSSR count). The van der Waals surface area contributed by atoms with Crippen LogP contribution in [0.25, 0.3) is 5.65 Å². The second kappa shape index (κ2) is 3.72. The van der Waals surface area contributed by atoms with Crippen molar-refractivity contribution in [3.8, 4) is 0 Å². The first-order chi connectivity index (χ1) is 8.56. The Morgan fingerprint density at radius 3 is 2.72 bits per heavy atom. The molecule has 2 aromatic rings. The van der Waals surface area contributed by atoms with Crippen LogP contribution in [0.4, 0.5) is 8.78 Å². The molecular weight excluding hydrogens is 244 g/mol. The summed E-state index contributed by atoms with van der Waals surface area (Å²) < 4.78 is 26.8. The van der Waals surface area contributed by atoms with Crippen molar-refractivity contribution in [2.75, 3.05) is 0 Å². The van der Waals surface area contributed by atoms with Gasteiger partial charge in [-0.1, -0.05) is 0 Å². The van der Waals surface area contributed by atoms with Crippen molar-refractivity contribution in [3.05, 3.63) is 29.2 Å². The van der Waals surface area contributed by atoms with E-state index in [1.165, 1.54) is 12.1 Å². The van der Waals surface area contributed by atoms with E-state index in [2.05, 4.69) is 10.1 Å². The van der Waals surface area contributed by atoms with Gasteiger partial charge in [0.2, 0.25) is 0 Å². The zero-order valence-electron chi connectivity index (χ0n) is 9.18. The van der Waals surface area contributed by atoms with Gasteiger partial charge in [0.1, 0.15) is 5.69 Å². The molecule has 0 aliphatic heterocycles. The van der Waals surface area contributed by atoms with Crippen LogP contribution in [0, 0.1) is 0 Å². The molecule has 94 valence electrons. The van der Waals surface area contributed by atoms with Gasteiger partial charge in [-0.25, -0.2) is 23.1 Å². The van der Waals surface area contributed by atoms with Crippen LogP contribution in [-0.4, -0.2) is 25.7 Å². The van der Waals surface area contributed by atoms with Crippen LogP contribution in [0.2, 0.25) is 0 Å².